The summed E-state index contributed by atoms with van der Waals surface area (Å²) < 4.78 is 10.8. The second-order valence-electron chi connectivity index (χ2n) is 6.56. The molecule has 3 N–H and O–H groups in total. The molecule has 1 aliphatic heterocycles. The van der Waals surface area contributed by atoms with E-state index < -0.39 is 0 Å². The molecule has 30 heavy (non-hydrogen) atoms. The molecule has 9 heteroatoms. The molecule has 2 heterocycles. The highest BCUT2D eigenvalue weighted by molar-refractivity contribution is 7.80. The molecule has 3 aromatic rings. The number of ether oxygens (including phenoxy) is 2. The first-order valence-electron chi connectivity index (χ1n) is 9.31. The third-order valence-corrected chi connectivity index (χ3v) is 4.96. The van der Waals surface area contributed by atoms with Crippen molar-refractivity contribution in [1.29, 1.82) is 5.26 Å². The number of hydrogen-bond donors (Lipinski definition) is 3. The number of hydrogen-bond acceptors (Lipinski definition) is 6. The number of rotatable bonds is 6. The molecule has 0 saturated carbocycles. The Morgan fingerprint density at radius 1 is 1.13 bits per heavy atom. The Morgan fingerprint density at radius 3 is 2.67 bits per heavy atom. The van der Waals surface area contributed by atoms with Gasteiger partial charge in [0.05, 0.1) is 11.1 Å². The fraction of sp³-hybridized carbons (Fsp3) is 0.190. The van der Waals surface area contributed by atoms with Crippen molar-refractivity contribution in [1.82, 2.24) is 10.3 Å². The average molecular weight is 440 g/mol. The third-order valence-electron chi connectivity index (χ3n) is 4.46. The summed E-state index contributed by atoms with van der Waals surface area (Å²) in [4.78, 5) is 4.58. The van der Waals surface area contributed by atoms with Gasteiger partial charge in [0.25, 0.3) is 0 Å². The van der Waals surface area contributed by atoms with Crippen LogP contribution >= 0.6 is 23.8 Å². The predicted octanol–water partition coefficient (Wildman–Crippen LogP) is 4.28. The van der Waals surface area contributed by atoms with Gasteiger partial charge in [-0.3, -0.25) is 0 Å². The van der Waals surface area contributed by atoms with Crippen molar-refractivity contribution >= 4 is 51.3 Å². The highest BCUT2D eigenvalue weighted by Crippen LogP contribution is 2.36. The number of halogens is 1. The SMILES string of the molecule is N#Cc1cc2cc3c(cc2nc1NCCCNC(=S)Nc1ccc(Cl)cc1)OCO3. The Balaban J connectivity index is 1.30. The first kappa shape index (κ1) is 20.0. The highest BCUT2D eigenvalue weighted by atomic mass is 35.5. The summed E-state index contributed by atoms with van der Waals surface area (Å²) in [6, 6.07) is 15.0. The van der Waals surface area contributed by atoms with Crippen LogP contribution in [0.4, 0.5) is 11.5 Å². The molecule has 0 radical (unpaired) electrons. The number of nitrogens with one attached hydrogen (secondary N) is 3. The fourth-order valence-corrected chi connectivity index (χ4v) is 3.34. The molecule has 0 bridgehead atoms. The summed E-state index contributed by atoms with van der Waals surface area (Å²) in [6.45, 7) is 1.50. The minimum atomic E-state index is 0.198. The predicted molar refractivity (Wildman–Crippen MR) is 121 cm³/mol. The van der Waals surface area contributed by atoms with Crippen molar-refractivity contribution in [3.63, 3.8) is 0 Å². The van der Waals surface area contributed by atoms with Gasteiger partial charge >= 0.3 is 0 Å². The molecule has 4 rings (SSSR count). The Labute approximate surface area is 184 Å². The number of benzene rings is 2. The summed E-state index contributed by atoms with van der Waals surface area (Å²) >= 11 is 11.2. The molecule has 2 aromatic carbocycles. The Kier molecular flexibility index (Phi) is 6.02. The van der Waals surface area contributed by atoms with E-state index in [1.54, 1.807) is 18.2 Å². The summed E-state index contributed by atoms with van der Waals surface area (Å²) in [5, 5.41) is 21.0. The topological polar surface area (TPSA) is 91.2 Å². The van der Waals surface area contributed by atoms with E-state index in [0.29, 0.717) is 46.1 Å². The van der Waals surface area contributed by atoms with Crippen LogP contribution in [0.5, 0.6) is 11.5 Å². The third kappa shape index (κ3) is 4.64. The molecular formula is C21H18ClN5O2S. The van der Waals surface area contributed by atoms with Crippen molar-refractivity contribution in [2.24, 2.45) is 0 Å². The van der Waals surface area contributed by atoms with E-state index in [1.807, 2.05) is 24.3 Å². The Bertz CT molecular complexity index is 1130. The van der Waals surface area contributed by atoms with E-state index in [-0.39, 0.29) is 6.79 Å². The van der Waals surface area contributed by atoms with Crippen molar-refractivity contribution < 1.29 is 9.47 Å². The molecule has 1 aromatic heterocycles. The number of thiocarbonyl (C=S) groups is 1. The summed E-state index contributed by atoms with van der Waals surface area (Å²) in [6.07, 6.45) is 0.786. The van der Waals surface area contributed by atoms with E-state index in [4.69, 9.17) is 33.3 Å². The zero-order valence-corrected chi connectivity index (χ0v) is 17.4. The van der Waals surface area contributed by atoms with Gasteiger partial charge in [0.2, 0.25) is 6.79 Å². The standard InChI is InChI=1S/C21H18ClN5O2S/c22-15-2-4-16(5-3-15)26-21(30)25-7-1-6-24-20-14(11-23)8-13-9-18-19(29-12-28-18)10-17(13)27-20/h2-5,8-10H,1,6-7,12H2,(H,24,27)(H2,25,26,30). The van der Waals surface area contributed by atoms with Crippen LogP contribution in [0.15, 0.2) is 42.5 Å². The van der Waals surface area contributed by atoms with Gasteiger partial charge in [-0.1, -0.05) is 11.6 Å². The Morgan fingerprint density at radius 2 is 1.90 bits per heavy atom. The van der Waals surface area contributed by atoms with Crippen LogP contribution in [0.1, 0.15) is 12.0 Å². The second kappa shape index (κ2) is 9.03. The molecule has 7 nitrogen and oxygen atoms in total. The number of nitriles is 1. The van der Waals surface area contributed by atoms with Crippen LogP contribution in [0.2, 0.25) is 5.02 Å². The van der Waals surface area contributed by atoms with Gasteiger partial charge in [-0.2, -0.15) is 5.26 Å². The smallest absolute Gasteiger partial charge is 0.231 e. The van der Waals surface area contributed by atoms with Crippen molar-refractivity contribution in [3.05, 3.63) is 53.1 Å². The van der Waals surface area contributed by atoms with Gasteiger partial charge < -0.3 is 25.4 Å². The maximum absolute atomic E-state index is 9.47. The molecule has 0 atom stereocenters. The molecule has 0 saturated heterocycles. The largest absolute Gasteiger partial charge is 0.454 e. The maximum atomic E-state index is 9.47. The molecule has 0 spiro atoms. The second-order valence-corrected chi connectivity index (χ2v) is 7.41. The quantitative estimate of drug-likeness (QED) is 0.387. The zero-order valence-electron chi connectivity index (χ0n) is 15.9. The normalized spacial score (nSPS) is 11.7. The van der Waals surface area contributed by atoms with Gasteiger partial charge in [-0.25, -0.2) is 4.98 Å². The van der Waals surface area contributed by atoms with Gasteiger partial charge in [-0.15, -0.1) is 0 Å². The fourth-order valence-electron chi connectivity index (χ4n) is 2.99. The first-order valence-corrected chi connectivity index (χ1v) is 10.1. The Hall–Kier alpha value is -3.28. The van der Waals surface area contributed by atoms with Crippen LogP contribution < -0.4 is 25.4 Å². The van der Waals surface area contributed by atoms with Crippen LogP contribution in [0.3, 0.4) is 0 Å². The van der Waals surface area contributed by atoms with E-state index in [2.05, 4.69) is 27.0 Å². The molecule has 0 fully saturated rings. The first-order chi connectivity index (χ1) is 14.6. The summed E-state index contributed by atoms with van der Waals surface area (Å²) in [5.41, 5.74) is 2.09. The van der Waals surface area contributed by atoms with Crippen LogP contribution in [0.25, 0.3) is 10.9 Å². The number of fused-ring (bicyclic) bond motifs is 2. The van der Waals surface area contributed by atoms with Gasteiger partial charge in [0.1, 0.15) is 11.9 Å². The average Bonchev–Trinajstić information content (AvgIpc) is 3.20. The number of aromatic nitrogens is 1. The highest BCUT2D eigenvalue weighted by Gasteiger charge is 2.16. The van der Waals surface area contributed by atoms with Crippen LogP contribution in [-0.2, 0) is 0 Å². The van der Waals surface area contributed by atoms with E-state index >= 15 is 0 Å². The lowest BCUT2D eigenvalue weighted by Gasteiger charge is -2.12. The molecular weight excluding hydrogens is 422 g/mol. The van der Waals surface area contributed by atoms with E-state index in [9.17, 15) is 5.26 Å². The van der Waals surface area contributed by atoms with Gasteiger partial charge in [-0.05, 0) is 55.0 Å². The number of anilines is 2. The van der Waals surface area contributed by atoms with Gasteiger partial charge in [0, 0.05) is 35.3 Å². The molecule has 0 unspecified atom stereocenters. The molecule has 0 amide bonds. The van der Waals surface area contributed by atoms with Crippen molar-refractivity contribution in [2.45, 2.75) is 6.42 Å². The van der Waals surface area contributed by atoms with E-state index in [0.717, 1.165) is 23.0 Å². The van der Waals surface area contributed by atoms with Crippen molar-refractivity contribution in [2.75, 3.05) is 30.5 Å². The number of nitrogens with zero attached hydrogens (tertiary/aromatic N) is 2. The van der Waals surface area contributed by atoms with Gasteiger partial charge in [0.15, 0.2) is 16.6 Å². The molecule has 1 aliphatic rings. The minimum absolute atomic E-state index is 0.198. The zero-order chi connectivity index (χ0) is 20.9. The van der Waals surface area contributed by atoms with E-state index in [1.165, 1.54) is 0 Å². The maximum Gasteiger partial charge on any atom is 0.231 e. The lowest BCUT2D eigenvalue weighted by molar-refractivity contribution is 0.174. The minimum Gasteiger partial charge on any atom is -0.454 e. The monoisotopic (exact) mass is 439 g/mol. The molecule has 0 aliphatic carbocycles. The van der Waals surface area contributed by atoms with Crippen LogP contribution in [-0.4, -0.2) is 30.0 Å². The molecule has 152 valence electrons. The lowest BCUT2D eigenvalue weighted by Crippen LogP contribution is -2.30. The lowest BCUT2D eigenvalue weighted by atomic mass is 10.1. The summed E-state index contributed by atoms with van der Waals surface area (Å²) in [5.74, 6) is 1.88. The number of pyridine rings is 1. The van der Waals surface area contributed by atoms with Crippen LogP contribution in [0, 0.1) is 11.3 Å². The van der Waals surface area contributed by atoms with Crippen molar-refractivity contribution in [3.8, 4) is 17.6 Å². The summed E-state index contributed by atoms with van der Waals surface area (Å²) in [7, 11) is 0.